The Hall–Kier alpha value is -0.860. The molecule has 134 valence electrons. The maximum absolute atomic E-state index is 11.2. The second-order valence-corrected chi connectivity index (χ2v) is 7.82. The van der Waals surface area contributed by atoms with Crippen LogP contribution in [0.3, 0.4) is 0 Å². The van der Waals surface area contributed by atoms with Crippen LogP contribution in [0.2, 0.25) is 0 Å². The number of hydrogen-bond donors (Lipinski definition) is 1. The molecular formula is C22H35NO. The van der Waals surface area contributed by atoms with Gasteiger partial charge in [-0.1, -0.05) is 38.8 Å². The van der Waals surface area contributed by atoms with Crippen molar-refractivity contribution in [2.24, 2.45) is 0 Å². The zero-order chi connectivity index (χ0) is 16.9. The van der Waals surface area contributed by atoms with Crippen molar-refractivity contribution in [2.75, 3.05) is 13.1 Å². The highest BCUT2D eigenvalue weighted by Crippen LogP contribution is 2.36. The third-order valence-electron chi connectivity index (χ3n) is 6.06. The van der Waals surface area contributed by atoms with Gasteiger partial charge in [0.2, 0.25) is 0 Å². The molecule has 0 amide bonds. The minimum Gasteiger partial charge on any atom is -0.387 e. The normalized spacial score (nSPS) is 23.2. The molecule has 2 heteroatoms. The molecule has 0 radical (unpaired) electrons. The van der Waals surface area contributed by atoms with E-state index in [4.69, 9.17) is 0 Å². The van der Waals surface area contributed by atoms with E-state index >= 15 is 0 Å². The van der Waals surface area contributed by atoms with E-state index in [9.17, 15) is 5.11 Å². The van der Waals surface area contributed by atoms with E-state index in [1.807, 2.05) is 0 Å². The fourth-order valence-corrected chi connectivity index (χ4v) is 4.56. The molecule has 2 unspecified atom stereocenters. The molecule has 0 fully saturated rings. The molecule has 0 aromatic heterocycles. The van der Waals surface area contributed by atoms with E-state index in [0.717, 1.165) is 25.9 Å². The Bertz CT molecular complexity index is 531. The molecule has 0 heterocycles. The molecule has 1 aromatic carbocycles. The summed E-state index contributed by atoms with van der Waals surface area (Å²) in [4.78, 5) is 2.58. The van der Waals surface area contributed by atoms with E-state index in [-0.39, 0.29) is 6.10 Å². The van der Waals surface area contributed by atoms with Gasteiger partial charge in [0, 0.05) is 6.04 Å². The molecule has 1 aromatic rings. The Morgan fingerprint density at radius 2 is 1.54 bits per heavy atom. The zero-order valence-corrected chi connectivity index (χ0v) is 15.7. The van der Waals surface area contributed by atoms with Crippen LogP contribution in [-0.4, -0.2) is 29.1 Å². The lowest BCUT2D eigenvalue weighted by Gasteiger charge is -2.39. The third-order valence-corrected chi connectivity index (χ3v) is 6.06. The molecule has 3 rings (SSSR count). The van der Waals surface area contributed by atoms with Gasteiger partial charge in [-0.15, -0.1) is 0 Å². The summed E-state index contributed by atoms with van der Waals surface area (Å²) >= 11 is 0. The van der Waals surface area contributed by atoms with Crippen LogP contribution in [0, 0.1) is 0 Å². The van der Waals surface area contributed by atoms with Crippen molar-refractivity contribution < 1.29 is 5.11 Å². The van der Waals surface area contributed by atoms with Crippen LogP contribution in [0.15, 0.2) is 12.1 Å². The van der Waals surface area contributed by atoms with Crippen LogP contribution >= 0.6 is 0 Å². The summed E-state index contributed by atoms with van der Waals surface area (Å²) in [7, 11) is 0. The lowest BCUT2D eigenvalue weighted by atomic mass is 9.80. The van der Waals surface area contributed by atoms with Crippen molar-refractivity contribution in [3.05, 3.63) is 34.4 Å². The number of hydrogen-bond acceptors (Lipinski definition) is 2. The van der Waals surface area contributed by atoms with Crippen LogP contribution in [0.5, 0.6) is 0 Å². The Balaban J connectivity index is 1.80. The number of rotatable bonds is 7. The number of aliphatic hydroxyl groups is 1. The summed E-state index contributed by atoms with van der Waals surface area (Å²) in [5.74, 6) is 0. The minimum atomic E-state index is -0.297. The summed E-state index contributed by atoms with van der Waals surface area (Å²) < 4.78 is 0. The maximum Gasteiger partial charge on any atom is 0.0948 e. The van der Waals surface area contributed by atoms with Crippen molar-refractivity contribution >= 4 is 0 Å². The number of fused-ring (bicyclic) bond motifs is 2. The Morgan fingerprint density at radius 1 is 0.917 bits per heavy atom. The van der Waals surface area contributed by atoms with E-state index < -0.39 is 0 Å². The Labute approximate surface area is 148 Å². The molecule has 0 bridgehead atoms. The summed E-state index contributed by atoms with van der Waals surface area (Å²) in [6.07, 6.45) is 12.0. The van der Waals surface area contributed by atoms with Crippen molar-refractivity contribution in [2.45, 2.75) is 90.2 Å². The van der Waals surface area contributed by atoms with Crippen LogP contribution < -0.4 is 0 Å². The van der Waals surface area contributed by atoms with Crippen LogP contribution in [0.25, 0.3) is 0 Å². The zero-order valence-electron chi connectivity index (χ0n) is 15.7. The molecule has 24 heavy (non-hydrogen) atoms. The molecule has 1 N–H and O–H groups in total. The molecule has 0 saturated carbocycles. The standard InChI is InChI=1S/C22H35NO/c1-3-5-13-23(14-6-4-2)21-12-11-19-15-17-9-7-8-10-18(17)16-20(19)22(21)24/h15-16,21-22,24H,3-14H2,1-2H3. The minimum absolute atomic E-state index is 0.297. The molecule has 2 nitrogen and oxygen atoms in total. The second-order valence-electron chi connectivity index (χ2n) is 7.82. The van der Waals surface area contributed by atoms with Gasteiger partial charge in [0.25, 0.3) is 0 Å². The first-order chi connectivity index (χ1) is 11.7. The maximum atomic E-state index is 11.2. The van der Waals surface area contributed by atoms with E-state index in [0.29, 0.717) is 6.04 Å². The summed E-state index contributed by atoms with van der Waals surface area (Å²) in [6.45, 7) is 6.80. The van der Waals surface area contributed by atoms with Crippen molar-refractivity contribution in [3.63, 3.8) is 0 Å². The number of unbranched alkanes of at least 4 members (excludes halogenated alkanes) is 2. The number of benzene rings is 1. The molecule has 0 spiro atoms. The molecule has 2 aliphatic carbocycles. The SMILES string of the molecule is CCCCN(CCCC)C1CCc2cc3c(cc2C1O)CCCC3. The third kappa shape index (κ3) is 3.86. The van der Waals surface area contributed by atoms with Crippen LogP contribution in [0.4, 0.5) is 0 Å². The largest absolute Gasteiger partial charge is 0.387 e. The van der Waals surface area contributed by atoms with Gasteiger partial charge in [-0.25, -0.2) is 0 Å². The lowest BCUT2D eigenvalue weighted by Crippen LogP contribution is -2.43. The first-order valence-electron chi connectivity index (χ1n) is 10.3. The molecule has 2 aliphatic rings. The Kier molecular flexibility index (Phi) is 6.35. The fraction of sp³-hybridized carbons (Fsp3) is 0.727. The Morgan fingerprint density at radius 3 is 2.17 bits per heavy atom. The lowest BCUT2D eigenvalue weighted by molar-refractivity contribution is 0.0342. The highest BCUT2D eigenvalue weighted by molar-refractivity contribution is 5.42. The first kappa shape index (κ1) is 17.9. The molecule has 2 atom stereocenters. The first-order valence-corrected chi connectivity index (χ1v) is 10.3. The van der Waals surface area contributed by atoms with E-state index in [1.54, 1.807) is 5.56 Å². The number of aryl methyl sites for hydroxylation is 3. The van der Waals surface area contributed by atoms with Gasteiger partial charge < -0.3 is 5.11 Å². The fourth-order valence-electron chi connectivity index (χ4n) is 4.56. The van der Waals surface area contributed by atoms with E-state index in [2.05, 4.69) is 30.9 Å². The summed E-state index contributed by atoms with van der Waals surface area (Å²) in [5, 5.41) is 11.2. The van der Waals surface area contributed by atoms with Gasteiger partial charge in [0.1, 0.15) is 0 Å². The van der Waals surface area contributed by atoms with Gasteiger partial charge in [-0.3, -0.25) is 4.90 Å². The molecule has 0 aliphatic heterocycles. The predicted octanol–water partition coefficient (Wildman–Crippen LogP) is 4.82. The van der Waals surface area contributed by atoms with Gasteiger partial charge in [0.15, 0.2) is 0 Å². The predicted molar refractivity (Wildman–Crippen MR) is 102 cm³/mol. The van der Waals surface area contributed by atoms with Crippen molar-refractivity contribution in [3.8, 4) is 0 Å². The topological polar surface area (TPSA) is 23.5 Å². The second kappa shape index (κ2) is 8.49. The monoisotopic (exact) mass is 329 g/mol. The summed E-state index contributed by atoms with van der Waals surface area (Å²) in [6, 6.07) is 5.10. The number of nitrogens with zero attached hydrogens (tertiary/aromatic N) is 1. The average molecular weight is 330 g/mol. The van der Waals surface area contributed by atoms with Crippen molar-refractivity contribution in [1.29, 1.82) is 0 Å². The number of aliphatic hydroxyl groups excluding tert-OH is 1. The quantitative estimate of drug-likeness (QED) is 0.775. The highest BCUT2D eigenvalue weighted by Gasteiger charge is 2.32. The smallest absolute Gasteiger partial charge is 0.0948 e. The average Bonchev–Trinajstić information content (AvgIpc) is 2.61. The summed E-state index contributed by atoms with van der Waals surface area (Å²) in [5.41, 5.74) is 5.73. The van der Waals surface area contributed by atoms with Gasteiger partial charge in [0.05, 0.1) is 6.10 Å². The van der Waals surface area contributed by atoms with Gasteiger partial charge in [-0.2, -0.15) is 0 Å². The van der Waals surface area contributed by atoms with Gasteiger partial charge in [-0.05, 0) is 86.7 Å². The van der Waals surface area contributed by atoms with Crippen LogP contribution in [0.1, 0.15) is 87.2 Å². The van der Waals surface area contributed by atoms with E-state index in [1.165, 1.54) is 68.1 Å². The molecule has 0 saturated heterocycles. The van der Waals surface area contributed by atoms with Gasteiger partial charge >= 0.3 is 0 Å². The van der Waals surface area contributed by atoms with Crippen molar-refractivity contribution in [1.82, 2.24) is 4.90 Å². The molecular weight excluding hydrogens is 294 g/mol. The highest BCUT2D eigenvalue weighted by atomic mass is 16.3. The van der Waals surface area contributed by atoms with Crippen LogP contribution in [-0.2, 0) is 19.3 Å².